The Kier molecular flexibility index (Phi) is 8.89. The third kappa shape index (κ3) is 6.84. The molecule has 2 heterocycles. The number of aliphatic hydroxyl groups excluding tert-OH is 1. The van der Waals surface area contributed by atoms with Crippen molar-refractivity contribution >= 4 is 35.3 Å². The first-order valence-electron chi connectivity index (χ1n) is 11.9. The van der Waals surface area contributed by atoms with Gasteiger partial charge in [-0.1, -0.05) is 16.9 Å². The monoisotopic (exact) mass is 550 g/mol. The first kappa shape index (κ1) is 27.5. The predicted molar refractivity (Wildman–Crippen MR) is 134 cm³/mol. The van der Waals surface area contributed by atoms with Gasteiger partial charge in [0.2, 0.25) is 17.5 Å². The summed E-state index contributed by atoms with van der Waals surface area (Å²) in [5.41, 5.74) is -2.08. The van der Waals surface area contributed by atoms with E-state index in [1.54, 1.807) is 24.3 Å². The van der Waals surface area contributed by atoms with Crippen LogP contribution >= 0.6 is 11.8 Å². The second kappa shape index (κ2) is 12.3. The Morgan fingerprint density at radius 2 is 1.66 bits per heavy atom. The quantitative estimate of drug-likeness (QED) is 0.227. The Morgan fingerprint density at radius 3 is 2.32 bits per heavy atom. The number of carbonyl (C=O) groups is 2. The van der Waals surface area contributed by atoms with Gasteiger partial charge in [-0.15, -0.1) is 0 Å². The third-order valence-corrected chi connectivity index (χ3v) is 6.64. The second-order valence-corrected chi connectivity index (χ2v) is 9.47. The van der Waals surface area contributed by atoms with Gasteiger partial charge in [0, 0.05) is 41.5 Å². The molecule has 202 valence electrons. The number of aliphatic imine (C=N–C) groups is 1. The van der Waals surface area contributed by atoms with Crippen LogP contribution in [-0.2, 0) is 4.84 Å². The number of ether oxygens (including phenoxy) is 1. The van der Waals surface area contributed by atoms with E-state index in [4.69, 9.17) is 9.84 Å². The molecule has 0 spiro atoms. The number of alkyl halides is 3. The summed E-state index contributed by atoms with van der Waals surface area (Å²) in [5.74, 6) is -0.473. The number of benzene rings is 2. The van der Waals surface area contributed by atoms with Gasteiger partial charge in [-0.3, -0.25) is 14.6 Å². The van der Waals surface area contributed by atoms with E-state index < -0.39 is 23.8 Å². The molecular weight excluding hydrogens is 525 g/mol. The van der Waals surface area contributed by atoms with Crippen molar-refractivity contribution in [3.8, 4) is 5.75 Å². The van der Waals surface area contributed by atoms with Crippen molar-refractivity contribution < 1.29 is 37.4 Å². The van der Waals surface area contributed by atoms with Gasteiger partial charge >= 0.3 is 12.3 Å². The first-order chi connectivity index (χ1) is 18.3. The maximum absolute atomic E-state index is 13.7. The first-order valence-corrected chi connectivity index (χ1v) is 12.7. The van der Waals surface area contributed by atoms with Gasteiger partial charge in [0.15, 0.2) is 0 Å². The molecule has 0 saturated carbocycles. The third-order valence-electron chi connectivity index (χ3n) is 5.63. The maximum Gasteiger partial charge on any atom is 0.442 e. The Hall–Kier alpha value is -3.58. The minimum absolute atomic E-state index is 0.0995. The van der Waals surface area contributed by atoms with Gasteiger partial charge < -0.3 is 14.7 Å². The number of carbonyl (C=O) groups excluding carboxylic acids is 2. The molecule has 1 amide bonds. The highest BCUT2D eigenvalue weighted by molar-refractivity contribution is 7.99. The summed E-state index contributed by atoms with van der Waals surface area (Å²) in [6, 6.07) is 12.6. The average Bonchev–Trinajstić information content (AvgIpc) is 2.92. The zero-order chi connectivity index (χ0) is 27.1. The van der Waals surface area contributed by atoms with Gasteiger partial charge in [0.05, 0.1) is 6.61 Å². The average molecular weight is 551 g/mol. The molecular formula is C25H25F3N4O5S. The number of rotatable bonds is 8. The molecule has 2 aliphatic heterocycles. The summed E-state index contributed by atoms with van der Waals surface area (Å²) < 4.78 is 46.3. The van der Waals surface area contributed by atoms with E-state index in [0.717, 1.165) is 16.2 Å². The number of hydrogen-bond donors (Lipinski definition) is 1. The lowest BCUT2D eigenvalue weighted by Crippen LogP contribution is -2.54. The van der Waals surface area contributed by atoms with Crippen LogP contribution in [0, 0.1) is 0 Å². The molecule has 1 fully saturated rings. The molecule has 0 unspecified atom stereocenters. The molecule has 0 radical (unpaired) electrons. The van der Waals surface area contributed by atoms with Crippen LogP contribution in [0.1, 0.15) is 23.2 Å². The molecule has 2 aromatic rings. The number of ketones is 1. The predicted octanol–water partition coefficient (Wildman–Crippen LogP) is 4.21. The number of fused-ring (bicyclic) bond motifs is 1. The van der Waals surface area contributed by atoms with Gasteiger partial charge in [0.25, 0.3) is 0 Å². The Bertz CT molecular complexity index is 1200. The SMILES string of the molecule is O=C(/C(=N/OC(=O)N1CCCN2CCCN=C21)C(F)(F)F)c1ccc(Sc2ccc(OCCO)cc2)cc1. The van der Waals surface area contributed by atoms with Crippen LogP contribution in [0.4, 0.5) is 18.0 Å². The molecule has 9 nitrogen and oxygen atoms in total. The summed E-state index contributed by atoms with van der Waals surface area (Å²) in [7, 11) is 0. The van der Waals surface area contributed by atoms with Crippen LogP contribution in [-0.4, -0.2) is 84.0 Å². The van der Waals surface area contributed by atoms with E-state index in [2.05, 4.69) is 15.0 Å². The molecule has 4 rings (SSSR count). The number of aliphatic hydroxyl groups is 1. The number of guanidine groups is 1. The number of oxime groups is 1. The normalized spacial score (nSPS) is 16.0. The zero-order valence-corrected chi connectivity index (χ0v) is 21.0. The van der Waals surface area contributed by atoms with Gasteiger partial charge in [-0.25, -0.2) is 9.69 Å². The fourth-order valence-electron chi connectivity index (χ4n) is 3.87. The zero-order valence-electron chi connectivity index (χ0n) is 20.2. The molecule has 0 aliphatic carbocycles. The molecule has 13 heteroatoms. The van der Waals surface area contributed by atoms with Gasteiger partial charge in [-0.05, 0) is 61.4 Å². The van der Waals surface area contributed by atoms with Crippen molar-refractivity contribution in [1.82, 2.24) is 9.80 Å². The van der Waals surface area contributed by atoms with Crippen molar-refractivity contribution in [2.75, 3.05) is 39.4 Å². The summed E-state index contributed by atoms with van der Waals surface area (Å²) >= 11 is 1.33. The molecule has 2 aromatic carbocycles. The van der Waals surface area contributed by atoms with E-state index in [9.17, 15) is 22.8 Å². The highest BCUT2D eigenvalue weighted by atomic mass is 32.2. The molecule has 0 aromatic heterocycles. The van der Waals surface area contributed by atoms with E-state index in [0.29, 0.717) is 42.7 Å². The molecule has 1 N–H and O–H groups in total. The van der Waals surface area contributed by atoms with Crippen molar-refractivity contribution in [2.24, 2.45) is 10.1 Å². The lowest BCUT2D eigenvalue weighted by atomic mass is 10.1. The number of halogens is 3. The van der Waals surface area contributed by atoms with Crippen LogP contribution in [0.25, 0.3) is 0 Å². The highest BCUT2D eigenvalue weighted by Gasteiger charge is 2.43. The Labute approximate surface area is 220 Å². The summed E-state index contributed by atoms with van der Waals surface area (Å²) in [6.45, 7) is 2.20. The maximum atomic E-state index is 13.7. The van der Waals surface area contributed by atoms with Crippen LogP contribution in [0.5, 0.6) is 5.75 Å². The standard InChI is InChI=1S/C25H25F3N4O5S/c26-25(27,28)22(30-37-24(35)32-14-2-13-31-12-1-11-29-23(31)32)21(34)17-3-7-19(8-4-17)38-20-9-5-18(6-10-20)36-16-15-33/h3-10,33H,1-2,11-16H2/b30-22-. The Balaban J connectivity index is 1.43. The number of amides is 1. The Morgan fingerprint density at radius 1 is 1.00 bits per heavy atom. The van der Waals surface area contributed by atoms with Crippen molar-refractivity contribution in [1.29, 1.82) is 0 Å². The van der Waals surface area contributed by atoms with Gasteiger partial charge in [-0.2, -0.15) is 13.2 Å². The van der Waals surface area contributed by atoms with E-state index in [-0.39, 0.29) is 25.3 Å². The number of Topliss-reactive ketones (excluding diaryl/α,β-unsaturated/α-hetero) is 1. The van der Waals surface area contributed by atoms with E-state index >= 15 is 0 Å². The fraction of sp³-hybridized carbons (Fsp3) is 0.360. The minimum Gasteiger partial charge on any atom is -0.491 e. The molecule has 1 saturated heterocycles. The molecule has 38 heavy (non-hydrogen) atoms. The lowest BCUT2D eigenvalue weighted by molar-refractivity contribution is -0.0605. The van der Waals surface area contributed by atoms with Crippen LogP contribution in [0.2, 0.25) is 0 Å². The van der Waals surface area contributed by atoms with E-state index in [1.807, 2.05) is 4.90 Å². The highest BCUT2D eigenvalue weighted by Crippen LogP contribution is 2.30. The summed E-state index contributed by atoms with van der Waals surface area (Å²) in [6.07, 6.45) is -4.83. The van der Waals surface area contributed by atoms with E-state index in [1.165, 1.54) is 36.0 Å². The summed E-state index contributed by atoms with van der Waals surface area (Å²) in [4.78, 5) is 38.6. The number of nitrogens with zero attached hydrogens (tertiary/aromatic N) is 4. The van der Waals surface area contributed by atoms with Crippen LogP contribution in [0.15, 0.2) is 68.5 Å². The van der Waals surface area contributed by atoms with Crippen LogP contribution in [0.3, 0.4) is 0 Å². The largest absolute Gasteiger partial charge is 0.491 e. The second-order valence-electron chi connectivity index (χ2n) is 8.32. The smallest absolute Gasteiger partial charge is 0.442 e. The molecule has 2 aliphatic rings. The van der Waals surface area contributed by atoms with Crippen molar-refractivity contribution in [3.63, 3.8) is 0 Å². The lowest BCUT2D eigenvalue weighted by Gasteiger charge is -2.38. The topological polar surface area (TPSA) is 104 Å². The van der Waals surface area contributed by atoms with Crippen molar-refractivity contribution in [3.05, 3.63) is 54.1 Å². The molecule has 0 bridgehead atoms. The van der Waals surface area contributed by atoms with Gasteiger partial charge in [0.1, 0.15) is 12.4 Å². The molecule has 0 atom stereocenters. The fourth-order valence-corrected chi connectivity index (χ4v) is 4.69. The number of hydrogen-bond acceptors (Lipinski definition) is 9. The van der Waals surface area contributed by atoms with Crippen molar-refractivity contribution in [2.45, 2.75) is 28.8 Å². The minimum atomic E-state index is -5.14. The van der Waals surface area contributed by atoms with Crippen LogP contribution < -0.4 is 4.74 Å². The summed E-state index contributed by atoms with van der Waals surface area (Å²) in [5, 5.41) is 11.8.